The Hall–Kier alpha value is -1.21. The maximum atomic E-state index is 6.30. The normalized spacial score (nSPS) is 25.6. The first-order valence-electron chi connectivity index (χ1n) is 10.5. The molecule has 0 saturated carbocycles. The summed E-state index contributed by atoms with van der Waals surface area (Å²) in [4.78, 5) is 0. The molecular formula is C23H34O2Si2. The molecule has 4 heteroatoms. The Morgan fingerprint density at radius 2 is 1.44 bits per heavy atom. The minimum absolute atomic E-state index is 0.0426. The standard InChI is InChI=1S/C18H22OSi.C5H12OSi/c1-18(14-8-9-15-19-18)20(16-10-4-2-5-11-16)17-12-6-3-7-13-17;7-5-3-1-2-4-6-5/h2-7,10-13,20H,8-9,14-15H2,1H3;5H,1-4H2,7H3. The second kappa shape index (κ2) is 10.4. The van der Waals surface area contributed by atoms with Crippen molar-refractivity contribution < 1.29 is 9.47 Å². The molecule has 0 bridgehead atoms. The summed E-state index contributed by atoms with van der Waals surface area (Å²) in [7, 11) is -0.140. The van der Waals surface area contributed by atoms with Gasteiger partial charge >= 0.3 is 0 Å². The Morgan fingerprint density at radius 1 is 0.852 bits per heavy atom. The lowest BCUT2D eigenvalue weighted by atomic mass is 10.1. The Morgan fingerprint density at radius 3 is 1.85 bits per heavy atom. The van der Waals surface area contributed by atoms with E-state index in [4.69, 9.17) is 9.47 Å². The molecule has 2 aliphatic rings. The summed E-state index contributed by atoms with van der Waals surface area (Å²) in [6, 6.07) is 22.0. The fraction of sp³-hybridized carbons (Fsp3) is 0.478. The van der Waals surface area contributed by atoms with E-state index in [0.29, 0.717) is 5.73 Å². The average molecular weight is 399 g/mol. The smallest absolute Gasteiger partial charge is 0.138 e. The van der Waals surface area contributed by atoms with Crippen molar-refractivity contribution in [3.8, 4) is 0 Å². The molecule has 2 aromatic carbocycles. The van der Waals surface area contributed by atoms with Gasteiger partial charge in [-0.25, -0.2) is 0 Å². The molecule has 2 nitrogen and oxygen atoms in total. The first kappa shape index (κ1) is 20.5. The van der Waals surface area contributed by atoms with E-state index in [9.17, 15) is 0 Å². The molecule has 0 aliphatic carbocycles. The van der Waals surface area contributed by atoms with Gasteiger partial charge in [0.05, 0.1) is 5.22 Å². The summed E-state index contributed by atoms with van der Waals surface area (Å²) < 4.78 is 11.6. The van der Waals surface area contributed by atoms with Crippen LogP contribution in [0, 0.1) is 0 Å². The van der Waals surface area contributed by atoms with Crippen molar-refractivity contribution in [3.63, 3.8) is 0 Å². The third-order valence-electron chi connectivity index (χ3n) is 5.78. The van der Waals surface area contributed by atoms with Crippen LogP contribution in [-0.2, 0) is 9.47 Å². The maximum Gasteiger partial charge on any atom is 0.138 e. The first-order valence-corrected chi connectivity index (χ1v) is 13.4. The minimum Gasteiger partial charge on any atom is -0.383 e. The molecule has 2 saturated heterocycles. The molecule has 0 radical (unpaired) electrons. The number of ether oxygens (including phenoxy) is 2. The Bertz CT molecular complexity index is 611. The van der Waals surface area contributed by atoms with E-state index in [-0.39, 0.29) is 5.22 Å². The minimum atomic E-state index is -1.37. The predicted molar refractivity (Wildman–Crippen MR) is 121 cm³/mol. The van der Waals surface area contributed by atoms with Gasteiger partial charge in [0.25, 0.3) is 0 Å². The summed E-state index contributed by atoms with van der Waals surface area (Å²) in [5.41, 5.74) is 0.675. The van der Waals surface area contributed by atoms with Gasteiger partial charge in [-0.2, -0.15) is 0 Å². The van der Waals surface area contributed by atoms with Gasteiger partial charge in [0, 0.05) is 29.2 Å². The van der Waals surface area contributed by atoms with Crippen LogP contribution in [0.25, 0.3) is 0 Å². The quantitative estimate of drug-likeness (QED) is 0.739. The molecule has 27 heavy (non-hydrogen) atoms. The number of rotatable bonds is 3. The molecule has 2 aliphatic heterocycles. The maximum absolute atomic E-state index is 6.30. The van der Waals surface area contributed by atoms with E-state index >= 15 is 0 Å². The van der Waals surface area contributed by atoms with Crippen molar-refractivity contribution in [2.75, 3.05) is 13.2 Å². The van der Waals surface area contributed by atoms with Crippen LogP contribution in [0.3, 0.4) is 0 Å². The van der Waals surface area contributed by atoms with Gasteiger partial charge in [-0.3, -0.25) is 0 Å². The monoisotopic (exact) mass is 398 g/mol. The van der Waals surface area contributed by atoms with Gasteiger partial charge in [-0.1, -0.05) is 71.0 Å². The fourth-order valence-corrected chi connectivity index (χ4v) is 8.70. The third-order valence-corrected chi connectivity index (χ3v) is 10.5. The molecule has 0 amide bonds. The zero-order valence-electron chi connectivity index (χ0n) is 16.9. The summed E-state index contributed by atoms with van der Waals surface area (Å²) in [6.07, 6.45) is 7.70. The molecule has 0 N–H and O–H groups in total. The Balaban J connectivity index is 0.000000253. The van der Waals surface area contributed by atoms with E-state index in [1.807, 2.05) is 0 Å². The van der Waals surface area contributed by atoms with Crippen molar-refractivity contribution in [1.82, 2.24) is 0 Å². The molecule has 2 unspecified atom stereocenters. The average Bonchev–Trinajstić information content (AvgIpc) is 2.71. The highest BCUT2D eigenvalue weighted by Crippen LogP contribution is 2.27. The van der Waals surface area contributed by atoms with E-state index in [0.717, 1.165) is 13.2 Å². The van der Waals surface area contributed by atoms with Crippen molar-refractivity contribution in [3.05, 3.63) is 60.7 Å². The van der Waals surface area contributed by atoms with Crippen molar-refractivity contribution in [1.29, 1.82) is 0 Å². The SMILES string of the molecule is CC1([SiH](c2ccccc2)c2ccccc2)CCCCO1.[SiH3]C1CCCCO1. The lowest BCUT2D eigenvalue weighted by Crippen LogP contribution is -2.61. The van der Waals surface area contributed by atoms with Crippen LogP contribution in [-0.4, -0.2) is 43.2 Å². The van der Waals surface area contributed by atoms with Crippen LogP contribution < -0.4 is 10.4 Å². The van der Waals surface area contributed by atoms with Gasteiger partial charge in [-0.05, 0) is 45.4 Å². The second-order valence-electron chi connectivity index (χ2n) is 8.05. The van der Waals surface area contributed by atoms with Crippen LogP contribution >= 0.6 is 0 Å². The number of hydrogen-bond donors (Lipinski definition) is 0. The van der Waals surface area contributed by atoms with Crippen LogP contribution in [0.4, 0.5) is 0 Å². The highest BCUT2D eigenvalue weighted by molar-refractivity contribution is 6.87. The van der Waals surface area contributed by atoms with E-state index in [1.165, 1.54) is 59.1 Å². The van der Waals surface area contributed by atoms with Crippen molar-refractivity contribution in [2.45, 2.75) is 56.4 Å². The Labute approximate surface area is 169 Å². The van der Waals surface area contributed by atoms with Crippen LogP contribution in [0.1, 0.15) is 45.4 Å². The largest absolute Gasteiger partial charge is 0.383 e. The van der Waals surface area contributed by atoms with Crippen molar-refractivity contribution in [2.24, 2.45) is 0 Å². The summed E-state index contributed by atoms with van der Waals surface area (Å²) in [6.45, 7) is 4.27. The molecule has 2 fully saturated rings. The van der Waals surface area contributed by atoms with Crippen molar-refractivity contribution >= 4 is 29.4 Å². The van der Waals surface area contributed by atoms with Crippen LogP contribution in [0.15, 0.2) is 60.7 Å². The zero-order chi connectivity index (χ0) is 19.0. The van der Waals surface area contributed by atoms with E-state index in [1.54, 1.807) is 0 Å². The molecule has 2 atom stereocenters. The van der Waals surface area contributed by atoms with E-state index in [2.05, 4.69) is 67.6 Å². The predicted octanol–water partition coefficient (Wildman–Crippen LogP) is 2.40. The van der Waals surface area contributed by atoms with E-state index < -0.39 is 8.80 Å². The molecule has 0 spiro atoms. The van der Waals surface area contributed by atoms with Gasteiger partial charge in [0.2, 0.25) is 0 Å². The lowest BCUT2D eigenvalue weighted by molar-refractivity contribution is -0.00805. The molecular weight excluding hydrogens is 364 g/mol. The fourth-order valence-electron chi connectivity index (χ4n) is 4.27. The second-order valence-corrected chi connectivity index (χ2v) is 12.8. The van der Waals surface area contributed by atoms with Gasteiger partial charge < -0.3 is 9.47 Å². The highest BCUT2D eigenvalue weighted by Gasteiger charge is 2.39. The van der Waals surface area contributed by atoms with Gasteiger partial charge in [-0.15, -0.1) is 0 Å². The van der Waals surface area contributed by atoms with Crippen LogP contribution in [0.2, 0.25) is 0 Å². The molecule has 146 valence electrons. The molecule has 0 aromatic heterocycles. The molecule has 2 heterocycles. The topological polar surface area (TPSA) is 18.5 Å². The Kier molecular flexibility index (Phi) is 7.88. The first-order chi connectivity index (χ1) is 13.2. The number of hydrogen-bond acceptors (Lipinski definition) is 2. The summed E-state index contributed by atoms with van der Waals surface area (Å²) in [5.74, 6) is 0. The van der Waals surface area contributed by atoms with Crippen LogP contribution in [0.5, 0.6) is 0 Å². The summed E-state index contributed by atoms with van der Waals surface area (Å²) in [5, 5.41) is 3.02. The highest BCUT2D eigenvalue weighted by atomic mass is 28.3. The lowest BCUT2D eigenvalue weighted by Gasteiger charge is -2.40. The summed E-state index contributed by atoms with van der Waals surface area (Å²) >= 11 is 0. The zero-order valence-corrected chi connectivity index (χ0v) is 20.1. The molecule has 2 aromatic rings. The van der Waals surface area contributed by atoms with Gasteiger partial charge in [0.1, 0.15) is 8.80 Å². The van der Waals surface area contributed by atoms with Gasteiger partial charge in [0.15, 0.2) is 0 Å². The number of benzene rings is 2. The molecule has 4 rings (SSSR count). The third kappa shape index (κ3) is 5.88.